The van der Waals surface area contributed by atoms with E-state index in [1.807, 2.05) is 0 Å². The minimum atomic E-state index is -4.50. The number of hydrogen-bond acceptors (Lipinski definition) is 8. The van der Waals surface area contributed by atoms with Gasteiger partial charge in [-0.3, -0.25) is 14.5 Å². The molecule has 1 atom stereocenters. The van der Waals surface area contributed by atoms with Crippen LogP contribution in [0.2, 0.25) is 0 Å². The Morgan fingerprint density at radius 1 is 1.25 bits per heavy atom. The van der Waals surface area contributed by atoms with Crippen LogP contribution in [0.4, 0.5) is 30.6 Å². The van der Waals surface area contributed by atoms with E-state index in [2.05, 4.69) is 30.7 Å². The third-order valence-corrected chi connectivity index (χ3v) is 5.88. The van der Waals surface area contributed by atoms with Gasteiger partial charge in [0.25, 0.3) is 5.91 Å². The molecule has 0 bridgehead atoms. The number of anilines is 3. The Labute approximate surface area is 212 Å². The van der Waals surface area contributed by atoms with Crippen molar-refractivity contribution >= 4 is 36.9 Å². The first-order valence-corrected chi connectivity index (χ1v) is 10.7. The molecule has 0 saturated carbocycles. The van der Waals surface area contributed by atoms with Crippen LogP contribution in [0.1, 0.15) is 29.4 Å². The minimum Gasteiger partial charge on any atom is -0.382 e. The number of nitrogens with zero attached hydrogens (tertiary/aromatic N) is 6. The molecule has 14 heteroatoms. The lowest BCUT2D eigenvalue weighted by Crippen LogP contribution is -2.59. The third-order valence-electron chi connectivity index (χ3n) is 5.88. The molecule has 4 rings (SSSR count). The molecule has 3 aromatic rings. The van der Waals surface area contributed by atoms with Crippen LogP contribution in [0.25, 0.3) is 0 Å². The second-order valence-electron chi connectivity index (χ2n) is 8.50. The highest BCUT2D eigenvalue weighted by Crippen LogP contribution is 2.36. The molecule has 0 saturated heterocycles. The van der Waals surface area contributed by atoms with Crippen LogP contribution < -0.4 is 15.5 Å². The van der Waals surface area contributed by atoms with Crippen molar-refractivity contribution < 1.29 is 22.7 Å². The predicted molar refractivity (Wildman–Crippen MR) is 132 cm³/mol. The number of amides is 1. The summed E-state index contributed by atoms with van der Waals surface area (Å²) in [5, 5.41) is 10.2. The first-order valence-electron chi connectivity index (χ1n) is 10.7. The molecular weight excluding hydrogens is 497 g/mol. The van der Waals surface area contributed by atoms with Gasteiger partial charge in [-0.15, -0.1) is 0 Å². The van der Waals surface area contributed by atoms with E-state index in [-0.39, 0.29) is 32.6 Å². The number of ether oxygens (including phenoxy) is 1. The maximum Gasteiger partial charge on any atom is 0.433 e. The van der Waals surface area contributed by atoms with Gasteiger partial charge in [-0.2, -0.15) is 36.7 Å². The highest BCUT2D eigenvalue weighted by molar-refractivity contribution is 7.59. The van der Waals surface area contributed by atoms with Crippen LogP contribution in [0.3, 0.4) is 0 Å². The number of halogens is 3. The number of carbonyl (C=O) groups excluding carboxylic acids is 1. The van der Waals surface area contributed by atoms with Crippen molar-refractivity contribution in [3.8, 4) is 0 Å². The largest absolute Gasteiger partial charge is 0.433 e. The van der Waals surface area contributed by atoms with Crippen LogP contribution in [0.5, 0.6) is 0 Å². The highest BCUT2D eigenvalue weighted by Gasteiger charge is 2.44. The van der Waals surface area contributed by atoms with Gasteiger partial charge < -0.3 is 20.3 Å². The van der Waals surface area contributed by atoms with E-state index in [9.17, 15) is 18.0 Å². The Bertz CT molecular complexity index is 1250. The second-order valence-corrected chi connectivity index (χ2v) is 8.50. The van der Waals surface area contributed by atoms with Gasteiger partial charge in [-0.1, -0.05) is 0 Å². The van der Waals surface area contributed by atoms with Gasteiger partial charge in [-0.05, 0) is 31.5 Å². The van der Waals surface area contributed by atoms with Crippen molar-refractivity contribution in [2.45, 2.75) is 38.7 Å². The van der Waals surface area contributed by atoms with E-state index in [1.54, 1.807) is 42.9 Å². The van der Waals surface area contributed by atoms with Gasteiger partial charge in [0, 0.05) is 38.7 Å². The molecule has 3 aromatic heterocycles. The van der Waals surface area contributed by atoms with E-state index >= 15 is 0 Å². The molecule has 0 fully saturated rings. The molecule has 0 aliphatic carbocycles. The van der Waals surface area contributed by atoms with Gasteiger partial charge in [0.2, 0.25) is 5.95 Å². The summed E-state index contributed by atoms with van der Waals surface area (Å²) < 4.78 is 45.5. The summed E-state index contributed by atoms with van der Waals surface area (Å²) in [4.78, 5) is 26.8. The molecule has 1 aliphatic rings. The van der Waals surface area contributed by atoms with Crippen LogP contribution in [-0.4, -0.2) is 56.9 Å². The highest BCUT2D eigenvalue weighted by atomic mass is 32.1. The number of methoxy groups -OCH3 is 1. The average molecular weight is 525 g/mol. The van der Waals surface area contributed by atoms with Gasteiger partial charge >= 0.3 is 6.18 Å². The zero-order valence-corrected chi connectivity index (χ0v) is 21.1. The van der Waals surface area contributed by atoms with Crippen molar-refractivity contribution in [2.24, 2.45) is 0 Å². The molecule has 1 amide bonds. The summed E-state index contributed by atoms with van der Waals surface area (Å²) in [6.45, 7) is 4.24. The third kappa shape index (κ3) is 5.38. The Morgan fingerprint density at radius 3 is 2.69 bits per heavy atom. The molecule has 0 unspecified atom stereocenters. The Balaban J connectivity index is 0.00000361. The summed E-state index contributed by atoms with van der Waals surface area (Å²) in [5.74, 6) is 0.722. The molecule has 36 heavy (non-hydrogen) atoms. The maximum absolute atomic E-state index is 12.9. The standard InChI is InChI=1S/C22H25F3N8O2.H2S/c1-13-17-18(32(3)21(2,12-35-4)19(34)30-17)31-20(29-13)27-8-15-9-28-33(11-15)10-14-5-6-26-16(7-14)22(23,24)25;/h5-7,9,11H,8,10,12H2,1-4H3,(H,30,34)(H,27,29,31);1H2/t21-;/m0./s1. The van der Waals surface area contributed by atoms with Gasteiger partial charge in [0.05, 0.1) is 25.0 Å². The lowest BCUT2D eigenvalue weighted by molar-refractivity contribution is -0.141. The molecule has 10 nitrogen and oxygen atoms in total. The summed E-state index contributed by atoms with van der Waals surface area (Å²) in [5.41, 5.74) is 0.505. The molecule has 1 aliphatic heterocycles. The summed E-state index contributed by atoms with van der Waals surface area (Å²) in [6, 6.07) is 2.53. The number of carbonyl (C=O) groups is 1. The topological polar surface area (TPSA) is 110 Å². The lowest BCUT2D eigenvalue weighted by Gasteiger charge is -2.42. The van der Waals surface area contributed by atoms with Crippen LogP contribution in [0, 0.1) is 6.92 Å². The first kappa shape index (κ1) is 27.2. The van der Waals surface area contributed by atoms with Crippen molar-refractivity contribution in [2.75, 3.05) is 36.3 Å². The van der Waals surface area contributed by atoms with Crippen LogP contribution >= 0.6 is 13.5 Å². The first-order chi connectivity index (χ1) is 16.5. The Hall–Kier alpha value is -3.39. The van der Waals surface area contributed by atoms with Crippen molar-refractivity contribution in [3.05, 3.63) is 53.2 Å². The fraction of sp³-hybridized carbons (Fsp3) is 0.409. The molecule has 0 aromatic carbocycles. The number of nitrogens with one attached hydrogen (secondary N) is 2. The zero-order valence-electron chi connectivity index (χ0n) is 20.1. The number of fused-ring (bicyclic) bond motifs is 1. The van der Waals surface area contributed by atoms with Crippen molar-refractivity contribution in [1.82, 2.24) is 24.7 Å². The second kappa shape index (κ2) is 10.3. The number of rotatable bonds is 7. The monoisotopic (exact) mass is 524 g/mol. The number of aryl methyl sites for hydroxylation is 1. The van der Waals surface area contributed by atoms with Gasteiger partial charge in [0.1, 0.15) is 16.9 Å². The average Bonchev–Trinajstić information content (AvgIpc) is 3.24. The lowest BCUT2D eigenvalue weighted by atomic mass is 9.97. The Kier molecular flexibility index (Phi) is 7.79. The van der Waals surface area contributed by atoms with E-state index in [4.69, 9.17) is 4.74 Å². The Morgan fingerprint density at radius 2 is 2.00 bits per heavy atom. The number of hydrogen-bond donors (Lipinski definition) is 2. The molecule has 0 radical (unpaired) electrons. The fourth-order valence-corrected chi connectivity index (χ4v) is 3.78. The smallest absolute Gasteiger partial charge is 0.382 e. The molecular formula is C22H27F3N8O2S. The zero-order chi connectivity index (χ0) is 25.4. The molecule has 194 valence electrons. The normalized spacial score (nSPS) is 17.3. The van der Waals surface area contributed by atoms with Crippen LogP contribution in [-0.2, 0) is 28.8 Å². The number of alkyl halides is 3. The van der Waals surface area contributed by atoms with Gasteiger partial charge in [0.15, 0.2) is 5.82 Å². The predicted octanol–water partition coefficient (Wildman–Crippen LogP) is 2.96. The van der Waals surface area contributed by atoms with E-state index in [0.717, 1.165) is 17.8 Å². The quantitative estimate of drug-likeness (QED) is 0.486. The van der Waals surface area contributed by atoms with Crippen LogP contribution in [0.15, 0.2) is 30.7 Å². The SMILES string of the molecule is COC[C@@]1(C)C(=O)Nc2c(C)nc(NCc3cnn(Cc4ccnc(C(F)(F)F)c4)c3)nc2N1C.S. The van der Waals surface area contributed by atoms with Crippen molar-refractivity contribution in [3.63, 3.8) is 0 Å². The van der Waals surface area contributed by atoms with Gasteiger partial charge in [-0.25, -0.2) is 4.98 Å². The van der Waals surface area contributed by atoms with E-state index in [0.29, 0.717) is 35.3 Å². The molecule has 4 heterocycles. The fourth-order valence-electron chi connectivity index (χ4n) is 3.78. The maximum atomic E-state index is 12.9. The number of pyridine rings is 1. The summed E-state index contributed by atoms with van der Waals surface area (Å²) in [6.07, 6.45) is -0.0167. The molecule has 0 spiro atoms. The number of aromatic nitrogens is 5. The van der Waals surface area contributed by atoms with E-state index in [1.165, 1.54) is 13.2 Å². The summed E-state index contributed by atoms with van der Waals surface area (Å²) in [7, 11) is 3.31. The minimum absolute atomic E-state index is 0. The van der Waals surface area contributed by atoms with E-state index < -0.39 is 17.4 Å². The number of likely N-dealkylation sites (N-methyl/N-ethyl adjacent to an activating group) is 1. The summed E-state index contributed by atoms with van der Waals surface area (Å²) >= 11 is 0. The van der Waals surface area contributed by atoms with Crippen molar-refractivity contribution in [1.29, 1.82) is 0 Å². The molecule has 2 N–H and O–H groups in total.